The summed E-state index contributed by atoms with van der Waals surface area (Å²) >= 11 is 5.11. The Labute approximate surface area is 212 Å². The Morgan fingerprint density at radius 2 is 1.16 bits per heavy atom. The zero-order valence-corrected chi connectivity index (χ0v) is 23.4. The van der Waals surface area contributed by atoms with Crippen LogP contribution < -0.4 is 0 Å². The minimum atomic E-state index is -1.19. The van der Waals surface area contributed by atoms with Crippen LogP contribution in [0.5, 0.6) is 0 Å². The Hall–Kier alpha value is -0.640. The van der Waals surface area contributed by atoms with Gasteiger partial charge in [0.25, 0.3) is 0 Å². The van der Waals surface area contributed by atoms with Gasteiger partial charge in [0.2, 0.25) is 0 Å². The molecule has 0 saturated carbocycles. The van der Waals surface area contributed by atoms with E-state index in [4.69, 9.17) is 36.3 Å². The summed E-state index contributed by atoms with van der Waals surface area (Å²) in [5, 5.41) is 0. The largest absolute Gasteiger partial charge is 1.00 e. The van der Waals surface area contributed by atoms with Crippen LogP contribution in [0, 0.1) is 0 Å². The van der Waals surface area contributed by atoms with Gasteiger partial charge in [0.1, 0.15) is 18.8 Å². The first kappa shape index (κ1) is 33.5. The molecule has 0 spiro atoms. The zero-order chi connectivity index (χ0) is 24.1. The molecular weight excluding hydrogens is 644 g/mol. The first-order chi connectivity index (χ1) is 14.5. The Morgan fingerprint density at radius 3 is 1.50 bits per heavy atom. The molecule has 0 N–H and O–H groups in total. The van der Waals surface area contributed by atoms with Crippen LogP contribution >= 0.6 is 7.92 Å². The molecule has 1 aliphatic rings. The number of carbonyl (C=O) groups is 4. The van der Waals surface area contributed by atoms with E-state index in [1.165, 1.54) is 25.4 Å². The van der Waals surface area contributed by atoms with Crippen molar-refractivity contribution in [2.24, 2.45) is 0 Å². The van der Waals surface area contributed by atoms with Gasteiger partial charge in [0.05, 0.1) is 0 Å². The summed E-state index contributed by atoms with van der Waals surface area (Å²) in [6.07, 6.45) is -0.218. The van der Waals surface area contributed by atoms with E-state index in [1.807, 2.05) is 0 Å². The van der Waals surface area contributed by atoms with Crippen molar-refractivity contribution in [2.75, 3.05) is 25.1 Å². The second-order valence-corrected chi connectivity index (χ2v) is 10.4. The van der Waals surface area contributed by atoms with Gasteiger partial charge in [-0.1, -0.05) is 20.8 Å². The summed E-state index contributed by atoms with van der Waals surface area (Å²) in [7, 11) is 0.446. The third-order valence-electron chi connectivity index (χ3n) is 4.29. The van der Waals surface area contributed by atoms with Gasteiger partial charge in [-0.2, -0.15) is 0 Å². The molecule has 1 fully saturated rings. The van der Waals surface area contributed by atoms with Crippen molar-refractivity contribution in [3.8, 4) is 0 Å². The fraction of sp³-hybridized carbons (Fsp3) is 0.800. The van der Waals surface area contributed by atoms with Crippen molar-refractivity contribution in [3.63, 3.8) is 0 Å². The van der Waals surface area contributed by atoms with E-state index in [2.05, 4.69) is 20.8 Å². The van der Waals surface area contributed by atoms with Gasteiger partial charge in [-0.05, 0) is 23.9 Å². The van der Waals surface area contributed by atoms with Gasteiger partial charge in [-0.15, -0.1) is 7.92 Å². The molecule has 32 heavy (non-hydrogen) atoms. The number of hydrogen-bond donors (Lipinski definition) is 0. The summed E-state index contributed by atoms with van der Waals surface area (Å²) in [5.74, 6) is -2.62. The molecular formula is C20H34AuO9PS. The van der Waals surface area contributed by atoms with Gasteiger partial charge in [-0.3, -0.25) is 19.2 Å². The molecule has 1 unspecified atom stereocenters. The molecule has 0 aliphatic carbocycles. The molecule has 5 atom stereocenters. The Balaban J connectivity index is 0. The summed E-state index contributed by atoms with van der Waals surface area (Å²) < 4.78 is 25.7. The minimum absolute atomic E-state index is 0. The van der Waals surface area contributed by atoms with E-state index in [0.717, 1.165) is 20.8 Å². The van der Waals surface area contributed by atoms with Gasteiger partial charge in [-0.25, -0.2) is 0 Å². The van der Waals surface area contributed by atoms with Crippen LogP contribution in [0.1, 0.15) is 48.5 Å². The summed E-state index contributed by atoms with van der Waals surface area (Å²) in [6.45, 7) is 11.2. The van der Waals surface area contributed by atoms with Crippen LogP contribution in [-0.2, 0) is 77.9 Å². The summed E-state index contributed by atoms with van der Waals surface area (Å²) in [6, 6.07) is 0. The maximum absolute atomic E-state index is 11.4. The number of carbonyl (C=O) groups excluding carboxylic acids is 4. The average molecular weight is 678 g/mol. The van der Waals surface area contributed by atoms with Crippen LogP contribution in [0.4, 0.5) is 0 Å². The second-order valence-electron chi connectivity index (χ2n) is 6.69. The molecule has 190 valence electrons. The maximum atomic E-state index is 11.4. The molecule has 0 radical (unpaired) electrons. The standard InChI is InChI=1S/C14H20O9S.C6H15P.Au/c1-6(15)19-5-10-11(20-7(2)16)12(21-8(3)17)13(14(24)23-10)22-9(4)18;1-4-7(5-2)6-3;/h10-14,24H,5H2,1-4H3;4-6H2,1-3H3;/q;;+1/p-1/t10-,11-,12+,13-,14?;;/m1../s1. The molecule has 0 amide bonds. The third-order valence-corrected chi connectivity index (χ3v) is 7.35. The van der Waals surface area contributed by atoms with Crippen LogP contribution in [0.3, 0.4) is 0 Å². The van der Waals surface area contributed by atoms with Gasteiger partial charge in [0, 0.05) is 27.7 Å². The molecule has 0 aromatic rings. The van der Waals surface area contributed by atoms with Crippen molar-refractivity contribution < 1.29 is 65.2 Å². The van der Waals surface area contributed by atoms with Gasteiger partial charge < -0.3 is 36.3 Å². The second kappa shape index (κ2) is 17.8. The number of rotatable bonds is 8. The molecule has 1 rings (SSSR count). The molecule has 9 nitrogen and oxygen atoms in total. The Bertz CT molecular complexity index is 598. The van der Waals surface area contributed by atoms with E-state index < -0.39 is 53.7 Å². The maximum Gasteiger partial charge on any atom is 1.00 e. The van der Waals surface area contributed by atoms with Crippen LogP contribution in [0.2, 0.25) is 0 Å². The first-order valence-electron chi connectivity index (χ1n) is 10.1. The van der Waals surface area contributed by atoms with E-state index in [1.54, 1.807) is 0 Å². The predicted octanol–water partition coefficient (Wildman–Crippen LogP) is 2.14. The van der Waals surface area contributed by atoms with Crippen LogP contribution in [0.25, 0.3) is 0 Å². The Morgan fingerprint density at radius 1 is 0.750 bits per heavy atom. The average Bonchev–Trinajstić information content (AvgIpc) is 2.66. The molecule has 12 heteroatoms. The third kappa shape index (κ3) is 13.2. The van der Waals surface area contributed by atoms with Crippen molar-refractivity contribution in [1.29, 1.82) is 0 Å². The molecule has 1 heterocycles. The smallest absolute Gasteiger partial charge is 0.757 e. The van der Waals surface area contributed by atoms with Crippen molar-refractivity contribution in [2.45, 2.75) is 78.3 Å². The monoisotopic (exact) mass is 678 g/mol. The fourth-order valence-electron chi connectivity index (χ4n) is 2.86. The minimum Gasteiger partial charge on any atom is -0.757 e. The normalized spacial score (nSPS) is 24.2. The van der Waals surface area contributed by atoms with Crippen molar-refractivity contribution >= 4 is 44.4 Å². The number of ether oxygens (including phenoxy) is 5. The van der Waals surface area contributed by atoms with Crippen molar-refractivity contribution in [3.05, 3.63) is 0 Å². The zero-order valence-electron chi connectivity index (χ0n) is 19.5. The molecule has 1 saturated heterocycles. The van der Waals surface area contributed by atoms with Crippen LogP contribution in [-0.4, -0.2) is 78.8 Å². The van der Waals surface area contributed by atoms with Gasteiger partial charge in [0.15, 0.2) is 12.2 Å². The van der Waals surface area contributed by atoms with E-state index in [-0.39, 0.29) is 29.0 Å². The molecule has 0 aromatic carbocycles. The van der Waals surface area contributed by atoms with Crippen molar-refractivity contribution in [1.82, 2.24) is 0 Å². The number of hydrogen-bond acceptors (Lipinski definition) is 10. The van der Waals surface area contributed by atoms with E-state index in [0.29, 0.717) is 7.92 Å². The predicted molar refractivity (Wildman–Crippen MR) is 118 cm³/mol. The van der Waals surface area contributed by atoms with E-state index in [9.17, 15) is 19.2 Å². The van der Waals surface area contributed by atoms with Gasteiger partial charge >= 0.3 is 46.3 Å². The summed E-state index contributed by atoms with van der Waals surface area (Å²) in [5.41, 5.74) is -1.09. The summed E-state index contributed by atoms with van der Waals surface area (Å²) in [4.78, 5) is 45.0. The molecule has 0 aromatic heterocycles. The molecule has 0 bridgehead atoms. The van der Waals surface area contributed by atoms with Crippen LogP contribution in [0.15, 0.2) is 0 Å². The topological polar surface area (TPSA) is 114 Å². The Kier molecular flexibility index (Phi) is 18.6. The first-order valence-corrected chi connectivity index (χ1v) is 12.5. The molecule has 1 aliphatic heterocycles. The quantitative estimate of drug-likeness (QED) is 0.125. The fourth-order valence-corrected chi connectivity index (χ4v) is 4.55. The number of esters is 4. The SMILES string of the molecule is CC(=O)OC[C@H]1OC([S-])[C@H](OC(C)=O)[C@@H](OC(C)=O)[C@@H]1OC(C)=O.CCP(CC)CC.[Au+]. The van der Waals surface area contributed by atoms with E-state index >= 15 is 0 Å².